The first-order valence-corrected chi connectivity index (χ1v) is 15.2. The van der Waals surface area contributed by atoms with Gasteiger partial charge in [-0.1, -0.05) is 42.5 Å². The van der Waals surface area contributed by atoms with Crippen molar-refractivity contribution in [2.75, 3.05) is 38.5 Å². The smallest absolute Gasteiger partial charge is 0.418 e. The molecule has 0 saturated heterocycles. The lowest BCUT2D eigenvalue weighted by Gasteiger charge is -2.30. The Morgan fingerprint density at radius 2 is 1.72 bits per heavy atom. The molecule has 3 amide bonds. The molecule has 0 saturated carbocycles. The van der Waals surface area contributed by atoms with Gasteiger partial charge in [0.1, 0.15) is 12.2 Å². The van der Waals surface area contributed by atoms with Crippen molar-refractivity contribution >= 4 is 23.8 Å². The van der Waals surface area contributed by atoms with E-state index in [1.807, 2.05) is 48.5 Å². The largest absolute Gasteiger partial charge is 0.445 e. The van der Waals surface area contributed by atoms with Crippen LogP contribution in [0.25, 0.3) is 0 Å². The molecule has 10 nitrogen and oxygen atoms in total. The molecule has 2 heterocycles. The summed E-state index contributed by atoms with van der Waals surface area (Å²) in [6.07, 6.45) is -3.94. The number of rotatable bonds is 10. The molecule has 13 heteroatoms. The van der Waals surface area contributed by atoms with Gasteiger partial charge in [0, 0.05) is 45.1 Å². The zero-order valence-electron chi connectivity index (χ0n) is 27.0. The van der Waals surface area contributed by atoms with E-state index in [9.17, 15) is 27.6 Å². The predicted octanol–water partition coefficient (Wildman–Crippen LogP) is 6.10. The van der Waals surface area contributed by atoms with Crippen molar-refractivity contribution in [3.05, 3.63) is 94.8 Å². The van der Waals surface area contributed by atoms with E-state index in [0.717, 1.165) is 22.8 Å². The van der Waals surface area contributed by atoms with Gasteiger partial charge in [0.25, 0.3) is 0 Å². The maximum atomic E-state index is 13.7. The molecule has 0 aliphatic carbocycles. The van der Waals surface area contributed by atoms with Gasteiger partial charge in [-0.25, -0.2) is 9.59 Å². The van der Waals surface area contributed by atoms with Crippen LogP contribution in [-0.4, -0.2) is 76.6 Å². The second-order valence-corrected chi connectivity index (χ2v) is 12.2. The first kappa shape index (κ1) is 35.1. The van der Waals surface area contributed by atoms with Gasteiger partial charge in [-0.15, -0.1) is 0 Å². The summed E-state index contributed by atoms with van der Waals surface area (Å²) in [5.74, 6) is -0.485. The number of carbonyl (C=O) groups excluding carboxylic acids is 3. The number of hydrogen-bond donors (Lipinski definition) is 1. The molecule has 0 spiro atoms. The van der Waals surface area contributed by atoms with Crippen LogP contribution in [0.4, 0.5) is 28.4 Å². The van der Waals surface area contributed by atoms with E-state index in [4.69, 9.17) is 9.47 Å². The first-order valence-electron chi connectivity index (χ1n) is 15.2. The van der Waals surface area contributed by atoms with Gasteiger partial charge in [0.15, 0.2) is 0 Å². The van der Waals surface area contributed by atoms with E-state index >= 15 is 0 Å². The molecule has 1 aliphatic heterocycles. The normalized spacial score (nSPS) is 13.0. The van der Waals surface area contributed by atoms with Crippen LogP contribution in [0.2, 0.25) is 0 Å². The molecule has 47 heavy (non-hydrogen) atoms. The number of halogens is 3. The molecule has 0 unspecified atom stereocenters. The van der Waals surface area contributed by atoms with Crippen molar-refractivity contribution in [3.8, 4) is 0 Å². The molecule has 0 atom stereocenters. The Bertz CT molecular complexity index is 1550. The molecule has 1 aliphatic rings. The average Bonchev–Trinajstić information content (AvgIpc) is 3.03. The lowest BCUT2D eigenvalue weighted by molar-refractivity contribution is -0.140. The van der Waals surface area contributed by atoms with Crippen molar-refractivity contribution in [3.63, 3.8) is 0 Å². The third kappa shape index (κ3) is 10.1. The van der Waals surface area contributed by atoms with Gasteiger partial charge >= 0.3 is 18.4 Å². The van der Waals surface area contributed by atoms with Crippen molar-refractivity contribution in [2.24, 2.45) is 0 Å². The summed E-state index contributed by atoms with van der Waals surface area (Å²) in [7, 11) is 1.49. The summed E-state index contributed by atoms with van der Waals surface area (Å²) in [5, 5.41) is 3.14. The fourth-order valence-corrected chi connectivity index (χ4v) is 5.02. The summed E-state index contributed by atoms with van der Waals surface area (Å²) in [5.41, 5.74) is 1.43. The van der Waals surface area contributed by atoms with Crippen LogP contribution >= 0.6 is 0 Å². The van der Waals surface area contributed by atoms with Gasteiger partial charge in [-0.3, -0.25) is 9.78 Å². The maximum absolute atomic E-state index is 13.7. The van der Waals surface area contributed by atoms with Crippen molar-refractivity contribution < 1.29 is 37.0 Å². The summed E-state index contributed by atoms with van der Waals surface area (Å²) < 4.78 is 52.1. The number of fused-ring (bicyclic) bond motifs is 1. The number of alkyl halides is 3. The standard InChI is InChI=1S/C34H40F3N5O5/c1-33(2,3)47-31(44)40(4)18-19-41(22-29-27(34(35,36)37)13-9-16-38-29)30(43)20-39-28-14-8-12-25-21-42(17-15-26(25)28)32(45)46-23-24-10-6-5-7-11-24/h5-14,16,39H,15,17-23H2,1-4H3. The Kier molecular flexibility index (Phi) is 11.3. The number of carbonyl (C=O) groups is 3. The summed E-state index contributed by atoms with van der Waals surface area (Å²) in [4.78, 5) is 46.8. The van der Waals surface area contributed by atoms with E-state index < -0.39 is 42.0 Å². The third-order valence-electron chi connectivity index (χ3n) is 7.46. The number of pyridine rings is 1. The Morgan fingerprint density at radius 3 is 2.43 bits per heavy atom. The van der Waals surface area contributed by atoms with Gasteiger partial charge in [-0.2, -0.15) is 13.2 Å². The minimum absolute atomic E-state index is 0.0196. The van der Waals surface area contributed by atoms with Crippen LogP contribution in [0.1, 0.15) is 48.7 Å². The fourth-order valence-electron chi connectivity index (χ4n) is 5.02. The Hall–Kier alpha value is -4.81. The van der Waals surface area contributed by atoms with Crippen LogP contribution in [0.5, 0.6) is 0 Å². The van der Waals surface area contributed by atoms with E-state index in [0.29, 0.717) is 25.2 Å². The number of hydrogen-bond acceptors (Lipinski definition) is 7. The van der Waals surface area contributed by atoms with Crippen LogP contribution in [0, 0.1) is 0 Å². The fraction of sp³-hybridized carbons (Fsp3) is 0.412. The molecule has 2 aromatic carbocycles. The van der Waals surface area contributed by atoms with Crippen LogP contribution in [-0.2, 0) is 46.6 Å². The number of aromatic nitrogens is 1. The molecule has 3 aromatic rings. The lowest BCUT2D eigenvalue weighted by Crippen LogP contribution is -2.43. The molecule has 1 aromatic heterocycles. The van der Waals surface area contributed by atoms with Crippen molar-refractivity contribution in [1.29, 1.82) is 0 Å². The van der Waals surface area contributed by atoms with E-state index in [1.165, 1.54) is 29.1 Å². The minimum Gasteiger partial charge on any atom is -0.445 e. The van der Waals surface area contributed by atoms with Crippen LogP contribution in [0.3, 0.4) is 0 Å². The Labute approximate surface area is 272 Å². The maximum Gasteiger partial charge on any atom is 0.418 e. The van der Waals surface area contributed by atoms with Gasteiger partial charge < -0.3 is 29.5 Å². The third-order valence-corrected chi connectivity index (χ3v) is 7.46. The molecule has 0 fully saturated rings. The molecule has 252 valence electrons. The molecule has 1 N–H and O–H groups in total. The highest BCUT2D eigenvalue weighted by molar-refractivity contribution is 5.81. The van der Waals surface area contributed by atoms with E-state index in [2.05, 4.69) is 10.3 Å². The zero-order valence-corrected chi connectivity index (χ0v) is 27.0. The number of ether oxygens (including phenoxy) is 2. The zero-order chi connectivity index (χ0) is 34.2. The predicted molar refractivity (Wildman–Crippen MR) is 169 cm³/mol. The molecule has 4 rings (SSSR count). The number of nitrogens with one attached hydrogen (secondary N) is 1. The van der Waals surface area contributed by atoms with Crippen molar-refractivity contribution in [2.45, 2.75) is 58.7 Å². The van der Waals surface area contributed by atoms with Gasteiger partial charge in [-0.05, 0) is 62.1 Å². The second kappa shape index (κ2) is 15.2. The lowest BCUT2D eigenvalue weighted by atomic mass is 9.98. The second-order valence-electron chi connectivity index (χ2n) is 12.2. The summed E-state index contributed by atoms with van der Waals surface area (Å²) in [6, 6.07) is 17.0. The van der Waals surface area contributed by atoms with Gasteiger partial charge in [0.2, 0.25) is 5.91 Å². The Morgan fingerprint density at radius 1 is 0.979 bits per heavy atom. The topological polar surface area (TPSA) is 104 Å². The SMILES string of the molecule is CN(CCN(Cc1ncccc1C(F)(F)F)C(=O)CNc1cccc2c1CCN(C(=O)OCc1ccccc1)C2)C(=O)OC(C)(C)C. The average molecular weight is 656 g/mol. The van der Waals surface area contributed by atoms with Crippen molar-refractivity contribution in [1.82, 2.24) is 19.7 Å². The van der Waals surface area contributed by atoms with E-state index in [-0.39, 0.29) is 31.9 Å². The quantitative estimate of drug-likeness (QED) is 0.282. The highest BCUT2D eigenvalue weighted by Crippen LogP contribution is 2.32. The van der Waals surface area contributed by atoms with Crippen LogP contribution < -0.4 is 5.32 Å². The monoisotopic (exact) mass is 655 g/mol. The van der Waals surface area contributed by atoms with E-state index in [1.54, 1.807) is 25.7 Å². The number of anilines is 1. The van der Waals surface area contributed by atoms with Crippen LogP contribution in [0.15, 0.2) is 66.9 Å². The molecular weight excluding hydrogens is 615 g/mol. The first-order chi connectivity index (χ1) is 22.2. The minimum atomic E-state index is -4.66. The van der Waals surface area contributed by atoms with Gasteiger partial charge in [0.05, 0.1) is 24.3 Å². The summed E-state index contributed by atoms with van der Waals surface area (Å²) in [6.45, 7) is 5.40. The number of likely N-dealkylation sites (N-methyl/N-ethyl adjacent to an activating group) is 1. The Balaban J connectivity index is 1.43. The number of benzene rings is 2. The highest BCUT2D eigenvalue weighted by atomic mass is 19.4. The molecule has 0 bridgehead atoms. The number of amides is 3. The molecule has 0 radical (unpaired) electrons. The number of nitrogens with zero attached hydrogens (tertiary/aromatic N) is 4. The molecular formula is C34H40F3N5O5. The highest BCUT2D eigenvalue weighted by Gasteiger charge is 2.35. The summed E-state index contributed by atoms with van der Waals surface area (Å²) >= 11 is 0.